The highest BCUT2D eigenvalue weighted by Gasteiger charge is 2.32. The van der Waals surface area contributed by atoms with E-state index in [2.05, 4.69) is 5.32 Å². The largest absolute Gasteiger partial charge is 0.465 e. The first kappa shape index (κ1) is 10.3. The van der Waals surface area contributed by atoms with Crippen molar-refractivity contribution in [1.82, 2.24) is 5.32 Å². The maximum Gasteiger partial charge on any atom is 0.404 e. The lowest BCUT2D eigenvalue weighted by molar-refractivity contribution is -0.0469. The number of hydrogen-bond donors (Lipinski definition) is 4. The minimum Gasteiger partial charge on any atom is -0.465 e. The second kappa shape index (κ2) is 3.93. The second-order valence-electron chi connectivity index (χ2n) is 3.61. The van der Waals surface area contributed by atoms with E-state index >= 15 is 0 Å². The van der Waals surface area contributed by atoms with Gasteiger partial charge in [0.2, 0.25) is 0 Å². The van der Waals surface area contributed by atoms with E-state index in [1.807, 2.05) is 0 Å². The minimum absolute atomic E-state index is 0.0793. The van der Waals surface area contributed by atoms with Crippen LogP contribution in [0.2, 0.25) is 0 Å². The van der Waals surface area contributed by atoms with Crippen molar-refractivity contribution in [3.8, 4) is 0 Å². The molecule has 0 spiro atoms. The Bertz CT molecular complexity index is 187. The number of carboxylic acid groups (broad SMARTS) is 1. The Morgan fingerprint density at radius 1 is 1.46 bits per heavy atom. The van der Waals surface area contributed by atoms with Gasteiger partial charge in [-0.15, -0.1) is 0 Å². The average molecular weight is 189 g/mol. The predicted molar refractivity (Wildman–Crippen MR) is 45.5 cm³/mol. The fraction of sp³-hybridized carbons (Fsp3) is 0.875. The van der Waals surface area contributed by atoms with Gasteiger partial charge >= 0.3 is 6.09 Å². The van der Waals surface area contributed by atoms with Crippen LogP contribution in [0.15, 0.2) is 0 Å². The summed E-state index contributed by atoms with van der Waals surface area (Å²) in [5.41, 5.74) is -0.989. The van der Waals surface area contributed by atoms with Crippen LogP contribution in [0.25, 0.3) is 0 Å². The van der Waals surface area contributed by atoms with E-state index in [0.717, 1.165) is 0 Å². The molecule has 0 atom stereocenters. The first-order valence-electron chi connectivity index (χ1n) is 4.38. The van der Waals surface area contributed by atoms with Gasteiger partial charge in [0.05, 0.1) is 12.2 Å². The molecule has 0 aromatic heterocycles. The van der Waals surface area contributed by atoms with Crippen LogP contribution >= 0.6 is 0 Å². The van der Waals surface area contributed by atoms with Crippen LogP contribution in [0.5, 0.6) is 0 Å². The molecule has 0 radical (unpaired) electrons. The van der Waals surface area contributed by atoms with Gasteiger partial charge in [-0.3, -0.25) is 0 Å². The lowest BCUT2D eigenvalue weighted by Gasteiger charge is -2.34. The number of aliphatic hydroxyl groups is 2. The molecule has 0 heterocycles. The topological polar surface area (TPSA) is 89.8 Å². The third-order valence-electron chi connectivity index (χ3n) is 2.54. The van der Waals surface area contributed by atoms with E-state index in [1.54, 1.807) is 0 Å². The third-order valence-corrected chi connectivity index (χ3v) is 2.54. The third kappa shape index (κ3) is 2.86. The summed E-state index contributed by atoms with van der Waals surface area (Å²) in [6.07, 6.45) is 1.05. The number of amides is 1. The van der Waals surface area contributed by atoms with Crippen molar-refractivity contribution in [2.24, 2.45) is 0 Å². The van der Waals surface area contributed by atoms with Gasteiger partial charge in [0.15, 0.2) is 0 Å². The highest BCUT2D eigenvalue weighted by Crippen LogP contribution is 2.27. The van der Waals surface area contributed by atoms with Gasteiger partial charge in [0.1, 0.15) is 0 Å². The molecular weight excluding hydrogens is 174 g/mol. The van der Waals surface area contributed by atoms with Gasteiger partial charge in [0, 0.05) is 6.04 Å². The Balaban J connectivity index is 2.34. The van der Waals surface area contributed by atoms with Crippen LogP contribution in [-0.2, 0) is 0 Å². The van der Waals surface area contributed by atoms with Crippen molar-refractivity contribution in [3.05, 3.63) is 0 Å². The van der Waals surface area contributed by atoms with Crippen molar-refractivity contribution in [3.63, 3.8) is 0 Å². The van der Waals surface area contributed by atoms with Crippen LogP contribution in [-0.4, -0.2) is 39.7 Å². The summed E-state index contributed by atoms with van der Waals surface area (Å²) in [7, 11) is 0. The first-order valence-corrected chi connectivity index (χ1v) is 4.38. The predicted octanol–water partition coefficient (Wildman–Crippen LogP) is -0.0800. The molecule has 76 valence electrons. The summed E-state index contributed by atoms with van der Waals surface area (Å²) < 4.78 is 0. The van der Waals surface area contributed by atoms with Gasteiger partial charge in [-0.25, -0.2) is 4.79 Å². The molecule has 0 unspecified atom stereocenters. The average Bonchev–Trinajstić information content (AvgIpc) is 2.09. The molecule has 0 bridgehead atoms. The van der Waals surface area contributed by atoms with E-state index in [1.165, 1.54) is 0 Å². The molecule has 5 nitrogen and oxygen atoms in total. The summed E-state index contributed by atoms with van der Waals surface area (Å²) in [5.74, 6) is 0. The Morgan fingerprint density at radius 2 is 2.00 bits per heavy atom. The monoisotopic (exact) mass is 189 g/mol. The number of hydrogen-bond acceptors (Lipinski definition) is 3. The maximum absolute atomic E-state index is 10.3. The van der Waals surface area contributed by atoms with Gasteiger partial charge in [-0.05, 0) is 25.7 Å². The molecule has 1 aliphatic rings. The zero-order valence-corrected chi connectivity index (χ0v) is 7.36. The van der Waals surface area contributed by atoms with Crippen LogP contribution in [0.3, 0.4) is 0 Å². The Kier molecular flexibility index (Phi) is 3.11. The van der Waals surface area contributed by atoms with Crippen molar-refractivity contribution < 1.29 is 20.1 Å². The highest BCUT2D eigenvalue weighted by atomic mass is 16.4. The van der Waals surface area contributed by atoms with E-state index in [0.29, 0.717) is 25.7 Å². The van der Waals surface area contributed by atoms with Crippen molar-refractivity contribution >= 4 is 6.09 Å². The normalized spacial score (nSPS) is 34.2. The molecule has 1 saturated carbocycles. The summed E-state index contributed by atoms with van der Waals surface area (Å²) in [6.45, 7) is -0.243. The molecule has 13 heavy (non-hydrogen) atoms. The SMILES string of the molecule is O=C(O)N[C@H]1CC[C@@](O)(CO)CC1. The van der Waals surface area contributed by atoms with E-state index in [-0.39, 0.29) is 12.6 Å². The summed E-state index contributed by atoms with van der Waals surface area (Å²) in [5, 5.41) is 29.2. The molecule has 1 rings (SSSR count). The van der Waals surface area contributed by atoms with Crippen molar-refractivity contribution in [1.29, 1.82) is 0 Å². The van der Waals surface area contributed by atoms with Crippen molar-refractivity contribution in [2.45, 2.75) is 37.3 Å². The Labute approximate surface area is 76.4 Å². The molecule has 0 aliphatic heterocycles. The molecule has 0 aromatic rings. The smallest absolute Gasteiger partial charge is 0.404 e. The zero-order chi connectivity index (χ0) is 9.90. The number of nitrogens with one attached hydrogen (secondary N) is 1. The quantitative estimate of drug-likeness (QED) is 0.489. The first-order chi connectivity index (χ1) is 6.06. The van der Waals surface area contributed by atoms with Gasteiger partial charge in [-0.2, -0.15) is 0 Å². The molecule has 1 fully saturated rings. The second-order valence-corrected chi connectivity index (χ2v) is 3.61. The van der Waals surface area contributed by atoms with E-state index in [4.69, 9.17) is 10.2 Å². The van der Waals surface area contributed by atoms with E-state index < -0.39 is 11.7 Å². The van der Waals surface area contributed by atoms with E-state index in [9.17, 15) is 9.90 Å². The fourth-order valence-electron chi connectivity index (χ4n) is 1.63. The van der Waals surface area contributed by atoms with Crippen LogP contribution in [0.1, 0.15) is 25.7 Å². The molecule has 5 heteroatoms. The molecule has 0 saturated heterocycles. The molecule has 1 aliphatic carbocycles. The summed E-state index contributed by atoms with van der Waals surface area (Å²) in [6, 6.07) is -0.0793. The maximum atomic E-state index is 10.3. The molecule has 1 amide bonds. The number of aliphatic hydroxyl groups excluding tert-OH is 1. The van der Waals surface area contributed by atoms with Crippen LogP contribution < -0.4 is 5.32 Å². The number of rotatable bonds is 2. The lowest BCUT2D eigenvalue weighted by atomic mass is 9.83. The Hall–Kier alpha value is -0.810. The van der Waals surface area contributed by atoms with Crippen molar-refractivity contribution in [2.75, 3.05) is 6.61 Å². The van der Waals surface area contributed by atoms with Gasteiger partial charge in [-0.1, -0.05) is 0 Å². The van der Waals surface area contributed by atoms with Crippen LogP contribution in [0.4, 0.5) is 4.79 Å². The van der Waals surface area contributed by atoms with Crippen LogP contribution in [0, 0.1) is 0 Å². The molecule has 4 N–H and O–H groups in total. The highest BCUT2D eigenvalue weighted by molar-refractivity contribution is 5.64. The summed E-state index contributed by atoms with van der Waals surface area (Å²) in [4.78, 5) is 10.3. The fourth-order valence-corrected chi connectivity index (χ4v) is 1.63. The molecule has 0 aromatic carbocycles. The number of carbonyl (C=O) groups is 1. The summed E-state index contributed by atoms with van der Waals surface area (Å²) >= 11 is 0. The van der Waals surface area contributed by atoms with Gasteiger partial charge < -0.3 is 20.6 Å². The lowest BCUT2D eigenvalue weighted by Crippen LogP contribution is -2.44. The zero-order valence-electron chi connectivity index (χ0n) is 7.36. The Morgan fingerprint density at radius 3 is 2.38 bits per heavy atom. The minimum atomic E-state index is -1.03. The standard InChI is InChI=1S/C8H15NO4/c10-5-8(13)3-1-6(2-4-8)9-7(11)12/h6,9-10,13H,1-5H2,(H,11,12)/t6-,8-. The van der Waals surface area contributed by atoms with Gasteiger partial charge in [0.25, 0.3) is 0 Å². The molecular formula is C8H15NO4.